The highest BCUT2D eigenvalue weighted by Crippen LogP contribution is 2.28. The Hall–Kier alpha value is -3.42. The van der Waals surface area contributed by atoms with E-state index in [1.54, 1.807) is 6.08 Å². The molecule has 8 nitrogen and oxygen atoms in total. The van der Waals surface area contributed by atoms with Gasteiger partial charge in [-0.25, -0.2) is 19.2 Å². The number of benzene rings is 1. The standard InChI is InChI=1S/C20H22O8/c1-7-11(2)8-9-12-10-13(17(21)25-3)15(19(23)27-5)16(20(24)28-6)14(12)18(22)26-4/h7,10H,1-2,8-9H2,3-6H3. The van der Waals surface area contributed by atoms with E-state index in [1.165, 1.54) is 6.07 Å². The zero-order chi connectivity index (χ0) is 21.4. The van der Waals surface area contributed by atoms with Crippen molar-refractivity contribution in [1.29, 1.82) is 0 Å². The zero-order valence-corrected chi connectivity index (χ0v) is 16.2. The molecule has 0 spiro atoms. The maximum absolute atomic E-state index is 12.5. The second-order valence-electron chi connectivity index (χ2n) is 5.54. The summed E-state index contributed by atoms with van der Waals surface area (Å²) in [4.78, 5) is 49.6. The van der Waals surface area contributed by atoms with Gasteiger partial charge in [-0.1, -0.05) is 24.8 Å². The fourth-order valence-electron chi connectivity index (χ4n) is 2.56. The summed E-state index contributed by atoms with van der Waals surface area (Å²) in [7, 11) is 4.40. The zero-order valence-electron chi connectivity index (χ0n) is 16.2. The second-order valence-corrected chi connectivity index (χ2v) is 5.54. The van der Waals surface area contributed by atoms with Gasteiger partial charge >= 0.3 is 23.9 Å². The summed E-state index contributed by atoms with van der Waals surface area (Å²) in [5, 5.41) is 0. The van der Waals surface area contributed by atoms with E-state index < -0.39 is 35.0 Å². The highest BCUT2D eigenvalue weighted by atomic mass is 16.5. The molecule has 0 saturated heterocycles. The summed E-state index contributed by atoms with van der Waals surface area (Å²) < 4.78 is 18.9. The fraction of sp³-hybridized carbons (Fsp3) is 0.300. The predicted molar refractivity (Wildman–Crippen MR) is 99.5 cm³/mol. The van der Waals surface area contributed by atoms with Crippen molar-refractivity contribution in [1.82, 2.24) is 0 Å². The third-order valence-corrected chi connectivity index (χ3v) is 3.99. The average molecular weight is 390 g/mol. The minimum Gasteiger partial charge on any atom is -0.465 e. The summed E-state index contributed by atoms with van der Waals surface area (Å²) in [6, 6.07) is 1.30. The van der Waals surface area contributed by atoms with Crippen LogP contribution in [0.1, 0.15) is 53.4 Å². The van der Waals surface area contributed by atoms with E-state index in [0.717, 1.165) is 28.4 Å². The van der Waals surface area contributed by atoms with Crippen LogP contribution >= 0.6 is 0 Å². The molecule has 1 aromatic carbocycles. The van der Waals surface area contributed by atoms with Crippen LogP contribution in [0.5, 0.6) is 0 Å². The molecule has 0 atom stereocenters. The van der Waals surface area contributed by atoms with Gasteiger partial charge < -0.3 is 18.9 Å². The first-order valence-electron chi connectivity index (χ1n) is 8.10. The quantitative estimate of drug-likeness (QED) is 0.379. The first-order chi connectivity index (χ1) is 13.3. The minimum atomic E-state index is -1.01. The Bertz CT molecular complexity index is 835. The Morgan fingerprint density at radius 3 is 1.75 bits per heavy atom. The van der Waals surface area contributed by atoms with Gasteiger partial charge in [-0.15, -0.1) is 0 Å². The van der Waals surface area contributed by atoms with Gasteiger partial charge in [0.15, 0.2) is 0 Å². The van der Waals surface area contributed by atoms with Crippen molar-refractivity contribution < 1.29 is 38.1 Å². The maximum atomic E-state index is 12.5. The van der Waals surface area contributed by atoms with Crippen molar-refractivity contribution in [3.63, 3.8) is 0 Å². The highest BCUT2D eigenvalue weighted by molar-refractivity contribution is 6.15. The number of rotatable bonds is 8. The van der Waals surface area contributed by atoms with Crippen molar-refractivity contribution in [3.05, 3.63) is 58.7 Å². The molecule has 150 valence electrons. The van der Waals surface area contributed by atoms with E-state index in [4.69, 9.17) is 18.9 Å². The first kappa shape index (κ1) is 22.6. The molecule has 0 bridgehead atoms. The van der Waals surface area contributed by atoms with Crippen molar-refractivity contribution in [2.75, 3.05) is 28.4 Å². The van der Waals surface area contributed by atoms with E-state index in [1.807, 2.05) is 0 Å². The summed E-state index contributed by atoms with van der Waals surface area (Å²) >= 11 is 0. The number of hydrogen-bond acceptors (Lipinski definition) is 8. The number of esters is 4. The molecule has 1 aromatic rings. The van der Waals surface area contributed by atoms with E-state index in [2.05, 4.69) is 13.2 Å². The van der Waals surface area contributed by atoms with Gasteiger partial charge in [-0.05, 0) is 24.5 Å². The molecule has 28 heavy (non-hydrogen) atoms. The van der Waals surface area contributed by atoms with Crippen LogP contribution in [0, 0.1) is 0 Å². The SMILES string of the molecule is C=CC(=C)CCc1cc(C(=O)OC)c(C(=O)OC)c(C(=O)OC)c1C(=O)OC. The van der Waals surface area contributed by atoms with E-state index in [-0.39, 0.29) is 23.1 Å². The highest BCUT2D eigenvalue weighted by Gasteiger charge is 2.34. The van der Waals surface area contributed by atoms with Crippen LogP contribution in [0.3, 0.4) is 0 Å². The molecule has 1 rings (SSSR count). The van der Waals surface area contributed by atoms with Crippen LogP contribution in [-0.2, 0) is 25.4 Å². The molecule has 0 aliphatic carbocycles. The molecule has 0 aliphatic rings. The number of ether oxygens (including phenoxy) is 4. The molecular formula is C20H22O8. The number of aryl methyl sites for hydroxylation is 1. The normalized spacial score (nSPS) is 9.86. The number of allylic oxidation sites excluding steroid dienone is 2. The molecule has 0 amide bonds. The summed E-state index contributed by atoms with van der Waals surface area (Å²) in [5.41, 5.74) is -0.340. The minimum absolute atomic E-state index is 0.195. The molecule has 0 heterocycles. The monoisotopic (exact) mass is 390 g/mol. The van der Waals surface area contributed by atoms with E-state index in [0.29, 0.717) is 12.0 Å². The lowest BCUT2D eigenvalue weighted by Crippen LogP contribution is -2.24. The Morgan fingerprint density at radius 1 is 0.821 bits per heavy atom. The van der Waals surface area contributed by atoms with Crippen molar-refractivity contribution >= 4 is 23.9 Å². The van der Waals surface area contributed by atoms with Crippen LogP contribution in [-0.4, -0.2) is 52.3 Å². The average Bonchev–Trinajstić information content (AvgIpc) is 2.73. The van der Waals surface area contributed by atoms with Crippen molar-refractivity contribution in [2.45, 2.75) is 12.8 Å². The number of carbonyl (C=O) groups excluding carboxylic acids is 4. The number of hydrogen-bond donors (Lipinski definition) is 0. The molecule has 0 fully saturated rings. The van der Waals surface area contributed by atoms with E-state index >= 15 is 0 Å². The number of methoxy groups -OCH3 is 4. The van der Waals surface area contributed by atoms with Gasteiger partial charge in [0.2, 0.25) is 0 Å². The molecular weight excluding hydrogens is 368 g/mol. The Kier molecular flexibility index (Phi) is 8.12. The Balaban J connectivity index is 3.99. The van der Waals surface area contributed by atoms with Crippen LogP contribution in [0.2, 0.25) is 0 Å². The van der Waals surface area contributed by atoms with Crippen LogP contribution in [0.4, 0.5) is 0 Å². The maximum Gasteiger partial charge on any atom is 0.339 e. The van der Waals surface area contributed by atoms with Crippen LogP contribution < -0.4 is 0 Å². The molecule has 0 N–H and O–H groups in total. The van der Waals surface area contributed by atoms with Gasteiger partial charge in [-0.2, -0.15) is 0 Å². The third kappa shape index (κ3) is 4.64. The van der Waals surface area contributed by atoms with E-state index in [9.17, 15) is 19.2 Å². The third-order valence-electron chi connectivity index (χ3n) is 3.99. The fourth-order valence-corrected chi connectivity index (χ4v) is 2.56. The predicted octanol–water partition coefficient (Wildman–Crippen LogP) is 2.51. The second kappa shape index (κ2) is 10.1. The summed E-state index contributed by atoms with van der Waals surface area (Å²) in [5.74, 6) is -3.77. The molecule has 8 heteroatoms. The smallest absolute Gasteiger partial charge is 0.339 e. The molecule has 0 aromatic heterocycles. The lowest BCUT2D eigenvalue weighted by Gasteiger charge is -2.18. The molecule has 0 aliphatic heterocycles. The van der Waals surface area contributed by atoms with Gasteiger partial charge in [0.25, 0.3) is 0 Å². The summed E-state index contributed by atoms with van der Waals surface area (Å²) in [6.07, 6.45) is 2.14. The van der Waals surface area contributed by atoms with Crippen LogP contribution in [0.15, 0.2) is 30.9 Å². The van der Waals surface area contributed by atoms with Gasteiger partial charge in [0, 0.05) is 0 Å². The summed E-state index contributed by atoms with van der Waals surface area (Å²) in [6.45, 7) is 7.41. The molecule has 0 unspecified atom stereocenters. The van der Waals surface area contributed by atoms with Crippen molar-refractivity contribution in [2.24, 2.45) is 0 Å². The van der Waals surface area contributed by atoms with Gasteiger partial charge in [0.05, 0.1) is 50.7 Å². The largest absolute Gasteiger partial charge is 0.465 e. The molecule has 0 saturated carbocycles. The lowest BCUT2D eigenvalue weighted by molar-refractivity contribution is 0.0520. The molecule has 0 radical (unpaired) electrons. The lowest BCUT2D eigenvalue weighted by atomic mass is 9.88. The Labute approximate surface area is 162 Å². The van der Waals surface area contributed by atoms with Gasteiger partial charge in [-0.3, -0.25) is 0 Å². The van der Waals surface area contributed by atoms with Gasteiger partial charge in [0.1, 0.15) is 0 Å². The topological polar surface area (TPSA) is 105 Å². The van der Waals surface area contributed by atoms with Crippen molar-refractivity contribution in [3.8, 4) is 0 Å². The van der Waals surface area contributed by atoms with Crippen LogP contribution in [0.25, 0.3) is 0 Å². The Morgan fingerprint density at radius 2 is 1.29 bits per heavy atom. The first-order valence-corrected chi connectivity index (χ1v) is 8.10. The number of carbonyl (C=O) groups is 4.